The van der Waals surface area contributed by atoms with Gasteiger partial charge in [-0.2, -0.15) is 4.98 Å². The predicted molar refractivity (Wildman–Crippen MR) is 121 cm³/mol. The van der Waals surface area contributed by atoms with E-state index in [9.17, 15) is 0 Å². The van der Waals surface area contributed by atoms with Crippen LogP contribution in [-0.2, 0) is 6.42 Å². The third-order valence-electron chi connectivity index (χ3n) is 5.36. The summed E-state index contributed by atoms with van der Waals surface area (Å²) in [5, 5.41) is 8.56. The lowest BCUT2D eigenvalue weighted by Crippen LogP contribution is -2.32. The number of aryl methyl sites for hydroxylation is 1. The maximum atomic E-state index is 6.43. The first-order valence-corrected chi connectivity index (χ1v) is 11.0. The summed E-state index contributed by atoms with van der Waals surface area (Å²) in [7, 11) is 1.73. The van der Waals surface area contributed by atoms with Crippen LogP contribution >= 0.6 is 0 Å². The fourth-order valence-electron chi connectivity index (χ4n) is 3.66. The van der Waals surface area contributed by atoms with E-state index in [1.54, 1.807) is 7.05 Å². The van der Waals surface area contributed by atoms with Crippen LogP contribution in [0.1, 0.15) is 63.2 Å². The van der Waals surface area contributed by atoms with Gasteiger partial charge in [-0.3, -0.25) is 0 Å². The molecule has 1 aliphatic carbocycles. The molecule has 0 aromatic carbocycles. The SMILES string of the molecule is Cc1nc(/C(N)=C(\CNc2noc(CC(C)C)n2)N(C)N)ccc1OC1CCCCC1. The second-order valence-electron chi connectivity index (χ2n) is 8.59. The van der Waals surface area contributed by atoms with E-state index >= 15 is 0 Å². The molecular formula is C22H35N7O2. The minimum Gasteiger partial charge on any atom is -0.489 e. The van der Waals surface area contributed by atoms with Gasteiger partial charge in [-0.05, 0) is 55.8 Å². The van der Waals surface area contributed by atoms with Crippen LogP contribution in [0.25, 0.3) is 5.70 Å². The van der Waals surface area contributed by atoms with Crippen LogP contribution in [0, 0.1) is 12.8 Å². The molecule has 5 N–H and O–H groups in total. The lowest BCUT2D eigenvalue weighted by molar-refractivity contribution is 0.153. The molecule has 0 atom stereocenters. The average Bonchev–Trinajstić information content (AvgIpc) is 3.16. The Kier molecular flexibility index (Phi) is 7.73. The average molecular weight is 430 g/mol. The molecule has 0 bridgehead atoms. The summed E-state index contributed by atoms with van der Waals surface area (Å²) in [5.74, 6) is 8.30. The van der Waals surface area contributed by atoms with Crippen LogP contribution in [0.5, 0.6) is 5.75 Å². The monoisotopic (exact) mass is 429 g/mol. The zero-order chi connectivity index (χ0) is 22.4. The van der Waals surface area contributed by atoms with Gasteiger partial charge in [0.1, 0.15) is 5.75 Å². The van der Waals surface area contributed by atoms with Crippen LogP contribution in [0.15, 0.2) is 22.4 Å². The molecule has 0 unspecified atom stereocenters. The van der Waals surface area contributed by atoms with Gasteiger partial charge in [0.15, 0.2) is 0 Å². The van der Waals surface area contributed by atoms with Gasteiger partial charge in [-0.15, -0.1) is 0 Å². The number of hydrogen-bond donors (Lipinski definition) is 3. The standard InChI is InChI=1S/C22H35N7O2/c1-14(2)12-20-27-22(28-31-20)25-13-18(29(4)24)21(23)17-10-11-19(15(3)26-17)30-16-8-6-5-7-9-16/h10-11,14,16H,5-9,12-13,23-24H2,1-4H3,(H,25,28)/b21-18-. The van der Waals surface area contributed by atoms with Gasteiger partial charge >= 0.3 is 0 Å². The summed E-state index contributed by atoms with van der Waals surface area (Å²) < 4.78 is 11.4. The summed E-state index contributed by atoms with van der Waals surface area (Å²) in [6.45, 7) is 6.47. The maximum absolute atomic E-state index is 6.43. The number of nitrogens with two attached hydrogens (primary N) is 2. The smallest absolute Gasteiger partial charge is 0.263 e. The van der Waals surface area contributed by atoms with Crippen molar-refractivity contribution in [3.05, 3.63) is 35.1 Å². The maximum Gasteiger partial charge on any atom is 0.263 e. The number of aromatic nitrogens is 3. The lowest BCUT2D eigenvalue weighted by atomic mass is 9.98. The number of nitrogens with one attached hydrogen (secondary N) is 1. The van der Waals surface area contributed by atoms with Gasteiger partial charge in [0.25, 0.3) is 5.95 Å². The van der Waals surface area contributed by atoms with E-state index in [2.05, 4.69) is 34.3 Å². The number of hydrogen-bond acceptors (Lipinski definition) is 9. The molecular weight excluding hydrogens is 394 g/mol. The first-order chi connectivity index (χ1) is 14.8. The van der Waals surface area contributed by atoms with E-state index < -0.39 is 0 Å². The highest BCUT2D eigenvalue weighted by molar-refractivity contribution is 5.64. The molecule has 0 spiro atoms. The number of anilines is 1. The van der Waals surface area contributed by atoms with Crippen LogP contribution in [0.4, 0.5) is 5.95 Å². The Labute approximate surface area is 184 Å². The van der Waals surface area contributed by atoms with Crippen molar-refractivity contribution < 1.29 is 9.26 Å². The molecule has 170 valence electrons. The van der Waals surface area contributed by atoms with Crippen molar-refractivity contribution in [3.8, 4) is 5.75 Å². The third-order valence-corrected chi connectivity index (χ3v) is 5.36. The molecule has 9 nitrogen and oxygen atoms in total. The lowest BCUT2D eigenvalue weighted by Gasteiger charge is -2.24. The molecule has 2 aromatic rings. The van der Waals surface area contributed by atoms with Crippen LogP contribution in [0.2, 0.25) is 0 Å². The first kappa shape index (κ1) is 22.9. The molecule has 0 saturated heterocycles. The summed E-state index contributed by atoms with van der Waals surface area (Å²) in [6, 6.07) is 3.82. The van der Waals surface area contributed by atoms with Crippen LogP contribution in [-0.4, -0.2) is 39.8 Å². The fourth-order valence-corrected chi connectivity index (χ4v) is 3.66. The van der Waals surface area contributed by atoms with Gasteiger partial charge in [0.2, 0.25) is 5.89 Å². The highest BCUT2D eigenvalue weighted by atomic mass is 16.5. The summed E-state index contributed by atoms with van der Waals surface area (Å²) in [6.07, 6.45) is 6.96. The molecule has 0 amide bonds. The quantitative estimate of drug-likeness (QED) is 0.406. The molecule has 2 heterocycles. The normalized spacial score (nSPS) is 15.7. The number of rotatable bonds is 9. The van der Waals surface area contributed by atoms with Crippen LogP contribution < -0.4 is 21.6 Å². The molecule has 1 aliphatic rings. The largest absolute Gasteiger partial charge is 0.489 e. The van der Waals surface area contributed by atoms with E-state index in [-0.39, 0.29) is 6.10 Å². The Morgan fingerprint density at radius 1 is 1.26 bits per heavy atom. The van der Waals surface area contributed by atoms with Crippen molar-refractivity contribution >= 4 is 11.6 Å². The Hall–Kier alpha value is -2.81. The number of hydrazine groups is 1. The number of nitrogens with zero attached hydrogens (tertiary/aromatic N) is 4. The Balaban J connectivity index is 1.71. The molecule has 31 heavy (non-hydrogen) atoms. The summed E-state index contributed by atoms with van der Waals surface area (Å²) in [4.78, 5) is 9.02. The predicted octanol–water partition coefficient (Wildman–Crippen LogP) is 3.23. The Morgan fingerprint density at radius 2 is 2.00 bits per heavy atom. The van der Waals surface area contributed by atoms with Gasteiger partial charge in [-0.25, -0.2) is 10.8 Å². The molecule has 1 fully saturated rings. The van der Waals surface area contributed by atoms with E-state index in [0.29, 0.717) is 41.4 Å². The van der Waals surface area contributed by atoms with E-state index in [1.807, 2.05) is 19.1 Å². The highest BCUT2D eigenvalue weighted by Gasteiger charge is 2.18. The zero-order valence-electron chi connectivity index (χ0n) is 19.0. The minimum absolute atomic E-state index is 0.276. The molecule has 2 aromatic heterocycles. The van der Waals surface area contributed by atoms with Crippen molar-refractivity contribution in [1.82, 2.24) is 20.1 Å². The summed E-state index contributed by atoms with van der Waals surface area (Å²) >= 11 is 0. The third kappa shape index (κ3) is 6.33. The molecule has 1 saturated carbocycles. The number of pyridine rings is 1. The van der Waals surface area contributed by atoms with Gasteiger partial charge < -0.3 is 25.3 Å². The topological polar surface area (TPSA) is 128 Å². The zero-order valence-corrected chi connectivity index (χ0v) is 19.0. The van der Waals surface area contributed by atoms with Crippen molar-refractivity contribution in [1.29, 1.82) is 0 Å². The van der Waals surface area contributed by atoms with Gasteiger partial charge in [0, 0.05) is 13.5 Å². The van der Waals surface area contributed by atoms with Crippen molar-refractivity contribution in [2.75, 3.05) is 18.9 Å². The summed E-state index contributed by atoms with van der Waals surface area (Å²) in [5.41, 5.74) is 9.04. The Bertz CT molecular complexity index is 886. The van der Waals surface area contributed by atoms with Gasteiger partial charge in [-0.1, -0.05) is 20.3 Å². The number of likely N-dealkylation sites (N-methyl/N-ethyl adjacent to an activating group) is 1. The number of ether oxygens (including phenoxy) is 1. The van der Waals surface area contributed by atoms with Gasteiger partial charge in [0.05, 0.1) is 35.4 Å². The van der Waals surface area contributed by atoms with Crippen molar-refractivity contribution in [2.24, 2.45) is 17.5 Å². The molecule has 0 radical (unpaired) electrons. The van der Waals surface area contributed by atoms with E-state index in [1.165, 1.54) is 24.3 Å². The van der Waals surface area contributed by atoms with Crippen molar-refractivity contribution in [3.63, 3.8) is 0 Å². The first-order valence-electron chi connectivity index (χ1n) is 11.0. The van der Waals surface area contributed by atoms with Crippen molar-refractivity contribution in [2.45, 2.75) is 65.4 Å². The minimum atomic E-state index is 0.276. The van der Waals surface area contributed by atoms with E-state index in [4.69, 9.17) is 20.8 Å². The molecule has 0 aliphatic heterocycles. The van der Waals surface area contributed by atoms with E-state index in [0.717, 1.165) is 30.7 Å². The van der Waals surface area contributed by atoms with Crippen LogP contribution in [0.3, 0.4) is 0 Å². The second-order valence-corrected chi connectivity index (χ2v) is 8.59. The molecule has 3 rings (SSSR count). The highest BCUT2D eigenvalue weighted by Crippen LogP contribution is 2.26. The molecule has 9 heteroatoms. The second kappa shape index (κ2) is 10.5. The fraction of sp³-hybridized carbons (Fsp3) is 0.591. The Morgan fingerprint density at radius 3 is 2.65 bits per heavy atom.